The van der Waals surface area contributed by atoms with Gasteiger partial charge in [-0.15, -0.1) is 0 Å². The standard InChI is InChI=1S/C14H10BFO2/c15-13(10-5-2-1-3-6-10)14(17)18-12-8-4-7-11(16)9-12/h1-9,13H/t13-/m1/s1. The van der Waals surface area contributed by atoms with Gasteiger partial charge in [0, 0.05) is 11.9 Å². The van der Waals surface area contributed by atoms with Crippen molar-refractivity contribution in [3.8, 4) is 5.75 Å². The van der Waals surface area contributed by atoms with Gasteiger partial charge in [-0.2, -0.15) is 0 Å². The molecule has 0 bridgehead atoms. The molecule has 0 saturated carbocycles. The number of hydrogen-bond donors (Lipinski definition) is 0. The summed E-state index contributed by atoms with van der Waals surface area (Å²) < 4.78 is 17.9. The SMILES string of the molecule is [B][C@@H](C(=O)Oc1cccc(F)c1)c1ccccc1. The maximum absolute atomic E-state index is 12.9. The van der Waals surface area contributed by atoms with Crippen molar-refractivity contribution in [3.05, 3.63) is 66.0 Å². The quantitative estimate of drug-likeness (QED) is 0.468. The smallest absolute Gasteiger partial charge is 0.309 e. The van der Waals surface area contributed by atoms with Crippen molar-refractivity contribution in [1.82, 2.24) is 0 Å². The van der Waals surface area contributed by atoms with Crippen LogP contribution >= 0.6 is 0 Å². The second-order valence-electron chi connectivity index (χ2n) is 3.77. The second kappa shape index (κ2) is 5.49. The largest absolute Gasteiger partial charge is 0.427 e. The number of halogens is 1. The van der Waals surface area contributed by atoms with Crippen LogP contribution in [0, 0.1) is 5.82 Å². The van der Waals surface area contributed by atoms with Gasteiger partial charge in [-0.05, 0) is 17.7 Å². The van der Waals surface area contributed by atoms with E-state index in [1.807, 2.05) is 6.07 Å². The van der Waals surface area contributed by atoms with Crippen LogP contribution in [0.15, 0.2) is 54.6 Å². The lowest BCUT2D eigenvalue weighted by Gasteiger charge is -2.11. The van der Waals surface area contributed by atoms with Crippen LogP contribution in [-0.2, 0) is 4.79 Å². The third-order valence-corrected chi connectivity index (χ3v) is 2.43. The minimum absolute atomic E-state index is 0.145. The normalized spacial score (nSPS) is 11.8. The van der Waals surface area contributed by atoms with E-state index in [1.165, 1.54) is 18.2 Å². The van der Waals surface area contributed by atoms with E-state index in [4.69, 9.17) is 12.6 Å². The van der Waals surface area contributed by atoms with Crippen LogP contribution in [0.5, 0.6) is 5.75 Å². The Bertz CT molecular complexity index is 543. The Balaban J connectivity index is 2.09. The molecule has 2 aromatic carbocycles. The molecule has 0 fully saturated rings. The molecule has 4 heteroatoms. The molecule has 1 atom stereocenters. The molecule has 0 heterocycles. The number of hydrogen-bond acceptors (Lipinski definition) is 2. The summed E-state index contributed by atoms with van der Waals surface area (Å²) in [6.45, 7) is 0. The lowest BCUT2D eigenvalue weighted by atomic mass is 9.81. The molecule has 2 nitrogen and oxygen atoms in total. The minimum atomic E-state index is -0.880. The molecule has 0 aliphatic carbocycles. The number of carbonyl (C=O) groups excluding carboxylic acids is 1. The summed E-state index contributed by atoms with van der Waals surface area (Å²) in [5.41, 5.74) is 0.652. The van der Waals surface area contributed by atoms with Gasteiger partial charge >= 0.3 is 5.97 Å². The van der Waals surface area contributed by atoms with E-state index in [0.29, 0.717) is 5.56 Å². The molecule has 88 valence electrons. The predicted molar refractivity (Wildman–Crippen MR) is 67.0 cm³/mol. The second-order valence-corrected chi connectivity index (χ2v) is 3.77. The molecule has 0 aliphatic rings. The van der Waals surface area contributed by atoms with Crippen molar-refractivity contribution in [1.29, 1.82) is 0 Å². The van der Waals surface area contributed by atoms with Crippen molar-refractivity contribution in [2.24, 2.45) is 0 Å². The van der Waals surface area contributed by atoms with Crippen molar-refractivity contribution in [2.45, 2.75) is 5.82 Å². The first-order valence-corrected chi connectivity index (χ1v) is 5.44. The summed E-state index contributed by atoms with van der Waals surface area (Å²) >= 11 is 0. The summed E-state index contributed by atoms with van der Waals surface area (Å²) in [6.07, 6.45) is 0. The Morgan fingerprint density at radius 2 is 1.83 bits per heavy atom. The molecule has 2 rings (SSSR count). The van der Waals surface area contributed by atoms with E-state index in [2.05, 4.69) is 0 Å². The van der Waals surface area contributed by atoms with Gasteiger partial charge in [-0.25, -0.2) is 4.39 Å². The molecular weight excluding hydrogens is 230 g/mol. The Morgan fingerprint density at radius 3 is 2.50 bits per heavy atom. The first-order valence-electron chi connectivity index (χ1n) is 5.44. The lowest BCUT2D eigenvalue weighted by molar-refractivity contribution is -0.134. The van der Waals surface area contributed by atoms with Crippen molar-refractivity contribution < 1.29 is 13.9 Å². The number of benzene rings is 2. The average molecular weight is 240 g/mol. The van der Waals surface area contributed by atoms with Gasteiger partial charge in [0.05, 0.1) is 7.85 Å². The van der Waals surface area contributed by atoms with E-state index in [-0.39, 0.29) is 5.75 Å². The van der Waals surface area contributed by atoms with E-state index in [1.54, 1.807) is 24.3 Å². The van der Waals surface area contributed by atoms with Crippen molar-refractivity contribution in [3.63, 3.8) is 0 Å². The van der Waals surface area contributed by atoms with Crippen LogP contribution in [0.4, 0.5) is 4.39 Å². The van der Waals surface area contributed by atoms with Crippen LogP contribution in [0.2, 0.25) is 0 Å². The lowest BCUT2D eigenvalue weighted by Crippen LogP contribution is -2.18. The summed E-state index contributed by atoms with van der Waals surface area (Å²) in [5, 5.41) is 0. The number of esters is 1. The number of carbonyl (C=O) groups is 1. The van der Waals surface area contributed by atoms with Crippen LogP contribution in [-0.4, -0.2) is 13.8 Å². The zero-order valence-electron chi connectivity index (χ0n) is 9.55. The molecule has 0 aromatic heterocycles. The minimum Gasteiger partial charge on any atom is -0.427 e. The zero-order chi connectivity index (χ0) is 13.0. The van der Waals surface area contributed by atoms with Crippen LogP contribution in [0.25, 0.3) is 0 Å². The fraction of sp³-hybridized carbons (Fsp3) is 0.0714. The zero-order valence-corrected chi connectivity index (χ0v) is 9.55. The van der Waals surface area contributed by atoms with Crippen LogP contribution in [0.3, 0.4) is 0 Å². The summed E-state index contributed by atoms with van der Waals surface area (Å²) in [6, 6.07) is 14.2. The van der Waals surface area contributed by atoms with Crippen molar-refractivity contribution >= 4 is 13.8 Å². The van der Waals surface area contributed by atoms with E-state index in [0.717, 1.165) is 6.07 Å². The van der Waals surface area contributed by atoms with Gasteiger partial charge in [-0.3, -0.25) is 4.79 Å². The summed E-state index contributed by atoms with van der Waals surface area (Å²) in [7, 11) is 5.76. The van der Waals surface area contributed by atoms with Gasteiger partial charge in [0.1, 0.15) is 11.6 Å². The predicted octanol–water partition coefficient (Wildman–Crippen LogP) is 2.64. The molecule has 0 unspecified atom stereocenters. The first-order chi connectivity index (χ1) is 8.66. The number of rotatable bonds is 3. The molecule has 0 aliphatic heterocycles. The first kappa shape index (κ1) is 12.4. The fourth-order valence-corrected chi connectivity index (χ4v) is 1.51. The Morgan fingerprint density at radius 1 is 1.11 bits per heavy atom. The summed E-state index contributed by atoms with van der Waals surface area (Å²) in [5.74, 6) is -1.82. The maximum Gasteiger partial charge on any atom is 0.309 e. The molecular formula is C14H10BFO2. The van der Waals surface area contributed by atoms with Crippen LogP contribution < -0.4 is 4.74 Å². The Hall–Kier alpha value is -2.10. The monoisotopic (exact) mass is 240 g/mol. The van der Waals surface area contributed by atoms with Gasteiger partial charge in [-0.1, -0.05) is 36.4 Å². The van der Waals surface area contributed by atoms with Crippen molar-refractivity contribution in [2.75, 3.05) is 0 Å². The molecule has 2 aromatic rings. The Kier molecular flexibility index (Phi) is 3.77. The molecule has 0 amide bonds. The highest BCUT2D eigenvalue weighted by Gasteiger charge is 2.16. The maximum atomic E-state index is 12.9. The van der Waals surface area contributed by atoms with Gasteiger partial charge < -0.3 is 4.74 Å². The fourth-order valence-electron chi connectivity index (χ4n) is 1.51. The highest BCUT2D eigenvalue weighted by Crippen LogP contribution is 2.17. The average Bonchev–Trinajstić information content (AvgIpc) is 2.39. The highest BCUT2D eigenvalue weighted by molar-refractivity contribution is 6.23. The van der Waals surface area contributed by atoms with Crippen LogP contribution in [0.1, 0.15) is 11.4 Å². The molecule has 0 spiro atoms. The number of ether oxygens (including phenoxy) is 1. The summed E-state index contributed by atoms with van der Waals surface area (Å²) in [4.78, 5) is 11.8. The van der Waals surface area contributed by atoms with Gasteiger partial charge in [0.15, 0.2) is 0 Å². The molecule has 2 radical (unpaired) electrons. The Labute approximate surface area is 106 Å². The molecule has 18 heavy (non-hydrogen) atoms. The van der Waals surface area contributed by atoms with E-state index < -0.39 is 17.6 Å². The topological polar surface area (TPSA) is 26.3 Å². The van der Waals surface area contributed by atoms with Gasteiger partial charge in [0.2, 0.25) is 0 Å². The third kappa shape index (κ3) is 2.97. The third-order valence-electron chi connectivity index (χ3n) is 2.43. The van der Waals surface area contributed by atoms with E-state index in [9.17, 15) is 9.18 Å². The van der Waals surface area contributed by atoms with E-state index >= 15 is 0 Å². The van der Waals surface area contributed by atoms with Gasteiger partial charge in [0.25, 0.3) is 0 Å². The molecule has 0 N–H and O–H groups in total. The highest BCUT2D eigenvalue weighted by atomic mass is 19.1. The molecule has 0 saturated heterocycles.